The number of rotatable bonds is 5. The lowest BCUT2D eigenvalue weighted by Crippen LogP contribution is -2.64. The number of pyridine rings is 1. The van der Waals surface area contributed by atoms with E-state index in [0.717, 1.165) is 48.7 Å². The highest BCUT2D eigenvalue weighted by molar-refractivity contribution is 6.33. The van der Waals surface area contributed by atoms with Gasteiger partial charge in [-0.3, -0.25) is 14.4 Å². The van der Waals surface area contributed by atoms with Gasteiger partial charge in [0.2, 0.25) is 11.7 Å². The van der Waals surface area contributed by atoms with E-state index >= 15 is 0 Å². The highest BCUT2D eigenvalue weighted by Gasteiger charge is 2.70. The van der Waals surface area contributed by atoms with Crippen molar-refractivity contribution in [1.82, 2.24) is 29.0 Å². The molecule has 264 valence electrons. The van der Waals surface area contributed by atoms with E-state index in [9.17, 15) is 32.7 Å². The van der Waals surface area contributed by atoms with Crippen molar-refractivity contribution in [2.24, 2.45) is 11.8 Å². The zero-order chi connectivity index (χ0) is 35.4. The summed E-state index contributed by atoms with van der Waals surface area (Å²) in [7, 11) is 0. The Morgan fingerprint density at radius 2 is 2.02 bits per heavy atom. The SMILES string of the molecule is O=C(Cn1c2c(c(=O)n3nc(C4=CCOCC4)nc13)[C@]1(CCN(C(=O)c3ncccc3O)[C@@H]3CC[C@@H]31)[C@H]1C[C@@H]21)Nc1ccc(C(F)(F)F)cc1Cl. The summed E-state index contributed by atoms with van der Waals surface area (Å²) < 4.78 is 48.3. The molecule has 0 bridgehead atoms. The van der Waals surface area contributed by atoms with Crippen molar-refractivity contribution >= 4 is 40.5 Å². The van der Waals surface area contributed by atoms with Gasteiger partial charge in [-0.1, -0.05) is 17.7 Å². The smallest absolute Gasteiger partial charge is 0.416 e. The van der Waals surface area contributed by atoms with Gasteiger partial charge in [-0.15, -0.1) is 5.10 Å². The van der Waals surface area contributed by atoms with Crippen molar-refractivity contribution in [1.29, 1.82) is 0 Å². The van der Waals surface area contributed by atoms with E-state index in [1.54, 1.807) is 15.5 Å². The summed E-state index contributed by atoms with van der Waals surface area (Å²) in [4.78, 5) is 52.7. The van der Waals surface area contributed by atoms with E-state index in [1.807, 2.05) is 6.08 Å². The maximum absolute atomic E-state index is 14.7. The number of nitrogens with zero attached hydrogens (tertiary/aromatic N) is 6. The standard InChI is InChI=1S/C35H31ClF3N7O5/c36-22-14-18(35(37,38)39)3-5-23(22)41-26(48)16-45-29-19-15-21(19)34(27(29)31(49)46-33(45)42-30(43-46)17-7-12-51-13-8-17)9-11-44(24-6-4-20(24)34)32(50)28-25(47)2-1-10-40-28/h1-3,5,7,10,14,19-21,24,47H,4,6,8-9,11-13,15-16H2,(H,41,48)/t19-,20+,21+,24-,34+/m1/s1. The summed E-state index contributed by atoms with van der Waals surface area (Å²) in [5.74, 6) is -0.470. The molecule has 2 amide bonds. The van der Waals surface area contributed by atoms with Crippen molar-refractivity contribution in [3.63, 3.8) is 0 Å². The van der Waals surface area contributed by atoms with E-state index in [0.29, 0.717) is 44.0 Å². The monoisotopic (exact) mass is 721 g/mol. The van der Waals surface area contributed by atoms with E-state index in [2.05, 4.69) is 15.4 Å². The van der Waals surface area contributed by atoms with Gasteiger partial charge in [0.15, 0.2) is 11.5 Å². The molecule has 2 aliphatic heterocycles. The van der Waals surface area contributed by atoms with E-state index in [-0.39, 0.29) is 69.7 Å². The number of carbonyl (C=O) groups excluding carboxylic acids is 2. The lowest BCUT2D eigenvalue weighted by molar-refractivity contribution is -0.137. The number of carbonyl (C=O) groups is 2. The Balaban J connectivity index is 1.12. The zero-order valence-electron chi connectivity index (χ0n) is 27.0. The Bertz CT molecular complexity index is 2250. The lowest BCUT2D eigenvalue weighted by Gasteiger charge is -2.58. The first-order chi connectivity index (χ1) is 24.5. The van der Waals surface area contributed by atoms with Crippen molar-refractivity contribution < 1.29 is 32.6 Å². The van der Waals surface area contributed by atoms with Crippen LogP contribution in [0.1, 0.15) is 71.2 Å². The van der Waals surface area contributed by atoms with Gasteiger partial charge in [-0.25, -0.2) is 4.98 Å². The molecule has 3 aromatic heterocycles. The molecule has 16 heteroatoms. The van der Waals surface area contributed by atoms with Crippen LogP contribution in [0.25, 0.3) is 11.4 Å². The van der Waals surface area contributed by atoms with Gasteiger partial charge < -0.3 is 24.6 Å². The van der Waals surface area contributed by atoms with Gasteiger partial charge in [0, 0.05) is 41.4 Å². The van der Waals surface area contributed by atoms with Crippen LogP contribution in [0.4, 0.5) is 18.9 Å². The predicted octanol–water partition coefficient (Wildman–Crippen LogP) is 4.79. The molecule has 0 unspecified atom stereocenters. The van der Waals surface area contributed by atoms with E-state index in [4.69, 9.17) is 21.3 Å². The van der Waals surface area contributed by atoms with Crippen LogP contribution >= 0.6 is 11.6 Å². The molecule has 5 aliphatic rings. The first-order valence-electron chi connectivity index (χ1n) is 16.9. The Kier molecular flexibility index (Phi) is 7.17. The minimum Gasteiger partial charge on any atom is -0.505 e. The molecule has 1 aromatic carbocycles. The van der Waals surface area contributed by atoms with Crippen LogP contribution in [-0.4, -0.2) is 71.8 Å². The fraction of sp³-hybridized carbons (Fsp3) is 0.429. The van der Waals surface area contributed by atoms with Crippen molar-refractivity contribution in [2.75, 3.05) is 25.1 Å². The van der Waals surface area contributed by atoms with Gasteiger partial charge in [0.1, 0.15) is 12.3 Å². The van der Waals surface area contributed by atoms with Gasteiger partial charge in [0.25, 0.3) is 11.5 Å². The first-order valence-corrected chi connectivity index (χ1v) is 17.3. The number of piperidine rings is 1. The fourth-order valence-corrected chi connectivity index (χ4v) is 9.36. The van der Waals surface area contributed by atoms with Gasteiger partial charge in [-0.2, -0.15) is 22.7 Å². The average Bonchev–Trinajstić information content (AvgIpc) is 3.67. The van der Waals surface area contributed by atoms with E-state index in [1.165, 1.54) is 16.8 Å². The number of aromatic nitrogens is 5. The second kappa shape index (κ2) is 11.4. The maximum Gasteiger partial charge on any atom is 0.416 e. The van der Waals surface area contributed by atoms with Crippen LogP contribution in [0.3, 0.4) is 0 Å². The number of fused-ring (bicyclic) bond motifs is 8. The molecular formula is C35H31ClF3N7O5. The van der Waals surface area contributed by atoms with Gasteiger partial charge >= 0.3 is 6.18 Å². The number of anilines is 1. The highest BCUT2D eigenvalue weighted by Crippen LogP contribution is 2.72. The molecular weight excluding hydrogens is 691 g/mol. The van der Waals surface area contributed by atoms with Crippen LogP contribution in [0.2, 0.25) is 5.02 Å². The molecule has 3 aliphatic carbocycles. The van der Waals surface area contributed by atoms with E-state index < -0.39 is 23.1 Å². The number of alkyl halides is 3. The van der Waals surface area contributed by atoms with Crippen LogP contribution in [0.5, 0.6) is 5.75 Å². The molecule has 2 saturated carbocycles. The Morgan fingerprint density at radius 3 is 2.73 bits per heavy atom. The molecule has 5 heterocycles. The Labute approximate surface area is 292 Å². The summed E-state index contributed by atoms with van der Waals surface area (Å²) >= 11 is 6.18. The normalized spacial score (nSPS) is 26.3. The molecule has 2 N–H and O–H groups in total. The number of aromatic hydroxyl groups is 1. The molecule has 1 spiro atoms. The second-order valence-corrected chi connectivity index (χ2v) is 14.4. The zero-order valence-corrected chi connectivity index (χ0v) is 27.7. The summed E-state index contributed by atoms with van der Waals surface area (Å²) in [5, 5.41) is 17.4. The summed E-state index contributed by atoms with van der Waals surface area (Å²) in [6.07, 6.45) is 2.14. The number of nitrogens with one attached hydrogen (secondary N) is 1. The number of ether oxygens (including phenoxy) is 1. The molecule has 5 atom stereocenters. The number of hydrogen-bond acceptors (Lipinski definition) is 8. The largest absolute Gasteiger partial charge is 0.505 e. The van der Waals surface area contributed by atoms with Gasteiger partial charge in [-0.05, 0) is 79.8 Å². The molecule has 9 rings (SSSR count). The third-order valence-corrected chi connectivity index (χ3v) is 11.8. The van der Waals surface area contributed by atoms with Crippen LogP contribution in [-0.2, 0) is 27.7 Å². The minimum atomic E-state index is -4.60. The molecule has 4 aromatic rings. The number of hydrogen-bond donors (Lipinski definition) is 2. The lowest BCUT2D eigenvalue weighted by atomic mass is 9.54. The van der Waals surface area contributed by atoms with Crippen LogP contribution in [0, 0.1) is 11.8 Å². The maximum atomic E-state index is 14.7. The number of amides is 2. The quantitative estimate of drug-likeness (QED) is 0.300. The topological polar surface area (TPSA) is 144 Å². The summed E-state index contributed by atoms with van der Waals surface area (Å²) in [6.45, 7) is 0.919. The highest BCUT2D eigenvalue weighted by atomic mass is 35.5. The van der Waals surface area contributed by atoms with Gasteiger partial charge in [0.05, 0.1) is 29.5 Å². The van der Waals surface area contributed by atoms with Crippen LogP contribution < -0.4 is 10.9 Å². The van der Waals surface area contributed by atoms with Crippen molar-refractivity contribution in [2.45, 2.75) is 62.2 Å². The summed E-state index contributed by atoms with van der Waals surface area (Å²) in [6, 6.07) is 5.56. The number of halogens is 4. The van der Waals surface area contributed by atoms with Crippen LogP contribution in [0.15, 0.2) is 47.4 Å². The molecule has 0 radical (unpaired) electrons. The fourth-order valence-electron chi connectivity index (χ4n) is 9.13. The number of likely N-dealkylation sites (tertiary alicyclic amines) is 1. The van der Waals surface area contributed by atoms with Crippen molar-refractivity contribution in [3.8, 4) is 5.75 Å². The third-order valence-electron chi connectivity index (χ3n) is 11.5. The van der Waals surface area contributed by atoms with Crippen molar-refractivity contribution in [3.05, 3.63) is 86.3 Å². The third kappa shape index (κ3) is 4.84. The minimum absolute atomic E-state index is 0.00370. The number of benzene rings is 1. The molecule has 51 heavy (non-hydrogen) atoms. The molecule has 12 nitrogen and oxygen atoms in total. The first kappa shape index (κ1) is 32.2. The average molecular weight is 722 g/mol. The second-order valence-electron chi connectivity index (χ2n) is 14.0. The molecule has 1 saturated heterocycles. The predicted molar refractivity (Wildman–Crippen MR) is 176 cm³/mol. The Hall–Kier alpha value is -4.76. The molecule has 3 fully saturated rings. The summed E-state index contributed by atoms with van der Waals surface area (Å²) in [5.41, 5.74) is 0.357. The Morgan fingerprint density at radius 1 is 1.18 bits per heavy atom.